The van der Waals surface area contributed by atoms with Gasteiger partial charge in [0, 0.05) is 5.92 Å². The molecule has 0 bridgehead atoms. The lowest BCUT2D eigenvalue weighted by Crippen LogP contribution is -2.56. The van der Waals surface area contributed by atoms with Gasteiger partial charge in [-0.25, -0.2) is 4.79 Å². The van der Waals surface area contributed by atoms with Gasteiger partial charge >= 0.3 is 6.09 Å². The number of amides is 1. The number of rotatable bonds is 3. The second kappa shape index (κ2) is 5.15. The highest BCUT2D eigenvalue weighted by Crippen LogP contribution is 2.37. The summed E-state index contributed by atoms with van der Waals surface area (Å²) in [7, 11) is 0. The zero-order valence-electron chi connectivity index (χ0n) is 11.5. The summed E-state index contributed by atoms with van der Waals surface area (Å²) in [5, 5.41) is 22.0. The highest BCUT2D eigenvalue weighted by molar-refractivity contribution is 5.68. The van der Waals surface area contributed by atoms with Gasteiger partial charge in [0.1, 0.15) is 5.60 Å². The fourth-order valence-electron chi connectivity index (χ4n) is 1.98. The van der Waals surface area contributed by atoms with E-state index in [-0.39, 0.29) is 5.92 Å². The molecule has 5 nitrogen and oxygen atoms in total. The molecule has 0 heterocycles. The van der Waals surface area contributed by atoms with Gasteiger partial charge in [-0.1, -0.05) is 6.42 Å². The van der Waals surface area contributed by atoms with E-state index < -0.39 is 23.3 Å². The van der Waals surface area contributed by atoms with Crippen molar-refractivity contribution >= 4 is 6.09 Å². The number of nitriles is 1. The Morgan fingerprint density at radius 3 is 2.39 bits per heavy atom. The zero-order valence-corrected chi connectivity index (χ0v) is 11.5. The summed E-state index contributed by atoms with van der Waals surface area (Å²) in [6.45, 7) is 6.92. The van der Waals surface area contributed by atoms with Gasteiger partial charge in [0.25, 0.3) is 0 Å². The molecular weight excluding hydrogens is 232 g/mol. The lowest BCUT2D eigenvalue weighted by atomic mass is 9.70. The van der Waals surface area contributed by atoms with Crippen molar-refractivity contribution in [2.45, 2.75) is 64.2 Å². The molecular formula is C13H22N2O3. The van der Waals surface area contributed by atoms with Gasteiger partial charge in [-0.15, -0.1) is 0 Å². The largest absolute Gasteiger partial charge is 0.444 e. The van der Waals surface area contributed by atoms with E-state index in [4.69, 9.17) is 10.00 Å². The number of ether oxygens (including phenoxy) is 1. The topological polar surface area (TPSA) is 82.3 Å². The maximum Gasteiger partial charge on any atom is 0.407 e. The average molecular weight is 254 g/mol. The smallest absolute Gasteiger partial charge is 0.407 e. The molecule has 1 aliphatic carbocycles. The molecule has 0 aliphatic heterocycles. The number of nitrogens with zero attached hydrogens (tertiary/aromatic N) is 1. The van der Waals surface area contributed by atoms with Gasteiger partial charge < -0.3 is 15.2 Å². The molecule has 2 unspecified atom stereocenters. The molecule has 5 heteroatoms. The van der Waals surface area contributed by atoms with Gasteiger partial charge in [-0.05, 0) is 40.5 Å². The number of carbonyl (C=O) groups is 1. The van der Waals surface area contributed by atoms with Crippen LogP contribution in [-0.4, -0.2) is 28.4 Å². The maximum atomic E-state index is 11.6. The maximum absolute atomic E-state index is 11.6. The Hall–Kier alpha value is -1.28. The van der Waals surface area contributed by atoms with Gasteiger partial charge in [-0.2, -0.15) is 5.26 Å². The summed E-state index contributed by atoms with van der Waals surface area (Å²) in [6.07, 6.45) is 2.06. The number of carbonyl (C=O) groups excluding carboxylic acids is 1. The second-order valence-electron chi connectivity index (χ2n) is 5.93. The lowest BCUT2D eigenvalue weighted by Gasteiger charge is -2.40. The Morgan fingerprint density at radius 2 is 2.06 bits per heavy atom. The van der Waals surface area contributed by atoms with E-state index in [0.717, 1.165) is 19.3 Å². The Bertz CT molecular complexity index is 352. The van der Waals surface area contributed by atoms with Gasteiger partial charge in [0.05, 0.1) is 12.1 Å². The van der Waals surface area contributed by atoms with E-state index in [9.17, 15) is 9.90 Å². The normalized spacial score (nSPS) is 21.1. The molecule has 1 saturated carbocycles. The Morgan fingerprint density at radius 1 is 1.50 bits per heavy atom. The highest BCUT2D eigenvalue weighted by atomic mass is 16.6. The van der Waals surface area contributed by atoms with Crippen LogP contribution in [-0.2, 0) is 4.74 Å². The van der Waals surface area contributed by atoms with E-state index in [2.05, 4.69) is 5.32 Å². The number of hydrogen-bond donors (Lipinski definition) is 2. The Balaban J connectivity index is 2.60. The van der Waals surface area contributed by atoms with Crippen molar-refractivity contribution in [2.75, 3.05) is 0 Å². The van der Waals surface area contributed by atoms with Crippen LogP contribution >= 0.6 is 0 Å². The van der Waals surface area contributed by atoms with Crippen molar-refractivity contribution in [3.63, 3.8) is 0 Å². The molecule has 0 aromatic heterocycles. The summed E-state index contributed by atoms with van der Waals surface area (Å²) in [5.74, 6) is -0.0626. The van der Waals surface area contributed by atoms with Crippen molar-refractivity contribution in [1.29, 1.82) is 5.26 Å². The molecule has 1 rings (SSSR count). The second-order valence-corrected chi connectivity index (χ2v) is 5.93. The van der Waals surface area contributed by atoms with Crippen LogP contribution in [0.2, 0.25) is 0 Å². The first-order chi connectivity index (χ1) is 8.19. The molecule has 1 fully saturated rings. The number of nitrogens with one attached hydrogen (secondary N) is 1. The van der Waals surface area contributed by atoms with Gasteiger partial charge in [-0.3, -0.25) is 0 Å². The first-order valence-electron chi connectivity index (χ1n) is 6.32. The third-order valence-corrected chi connectivity index (χ3v) is 3.30. The summed E-state index contributed by atoms with van der Waals surface area (Å²) >= 11 is 0. The first-order valence-corrected chi connectivity index (χ1v) is 6.32. The van der Waals surface area contributed by atoms with Crippen molar-refractivity contribution in [1.82, 2.24) is 5.32 Å². The highest BCUT2D eigenvalue weighted by Gasteiger charge is 2.45. The van der Waals surface area contributed by atoms with Crippen LogP contribution in [0.25, 0.3) is 0 Å². The molecule has 0 saturated heterocycles. The average Bonchev–Trinajstić information content (AvgIpc) is 2.11. The molecule has 18 heavy (non-hydrogen) atoms. The summed E-state index contributed by atoms with van der Waals surface area (Å²) in [4.78, 5) is 11.6. The van der Waals surface area contributed by atoms with Crippen molar-refractivity contribution < 1.29 is 14.6 Å². The first kappa shape index (κ1) is 14.8. The SMILES string of the molecule is CC(NC(=O)OC(C)(C)C)C(O)(C#N)C1CCC1. The van der Waals surface area contributed by atoms with Gasteiger partial charge in [0.15, 0.2) is 5.60 Å². The predicted molar refractivity (Wildman–Crippen MR) is 66.7 cm³/mol. The lowest BCUT2D eigenvalue weighted by molar-refractivity contribution is -0.0308. The molecule has 102 valence electrons. The van der Waals surface area contributed by atoms with Crippen molar-refractivity contribution in [3.05, 3.63) is 0 Å². The minimum Gasteiger partial charge on any atom is -0.444 e. The van der Waals surface area contributed by atoms with E-state index >= 15 is 0 Å². The standard InChI is InChI=1S/C13H22N2O3/c1-9(15-11(16)18-12(2,3)4)13(17,8-14)10-6-5-7-10/h9-10,17H,5-7H2,1-4H3,(H,15,16). The van der Waals surface area contributed by atoms with Crippen molar-refractivity contribution in [2.24, 2.45) is 5.92 Å². The van der Waals surface area contributed by atoms with Crippen LogP contribution in [0.5, 0.6) is 0 Å². The van der Waals surface area contributed by atoms with E-state index in [1.165, 1.54) is 0 Å². The third kappa shape index (κ3) is 3.36. The molecule has 0 spiro atoms. The Labute approximate surface area is 108 Å². The Kier molecular flexibility index (Phi) is 4.23. The minimum atomic E-state index is -1.50. The summed E-state index contributed by atoms with van der Waals surface area (Å²) in [5.41, 5.74) is -2.10. The molecule has 2 N–H and O–H groups in total. The zero-order chi connectivity index (χ0) is 14.0. The predicted octanol–water partition coefficient (Wildman–Crippen LogP) is 1.95. The van der Waals surface area contributed by atoms with Crippen LogP contribution in [0.1, 0.15) is 47.0 Å². The van der Waals surface area contributed by atoms with Crippen LogP contribution in [0.3, 0.4) is 0 Å². The number of alkyl carbamates (subject to hydrolysis) is 1. The molecule has 1 amide bonds. The summed E-state index contributed by atoms with van der Waals surface area (Å²) in [6, 6.07) is 1.28. The van der Waals surface area contributed by atoms with E-state index in [0.29, 0.717) is 0 Å². The molecule has 0 aromatic carbocycles. The number of hydrogen-bond acceptors (Lipinski definition) is 4. The van der Waals surface area contributed by atoms with E-state index in [1.54, 1.807) is 27.7 Å². The monoisotopic (exact) mass is 254 g/mol. The molecule has 1 aliphatic rings. The molecule has 2 atom stereocenters. The molecule has 0 aromatic rings. The number of aliphatic hydroxyl groups is 1. The van der Waals surface area contributed by atoms with Gasteiger partial charge in [0.2, 0.25) is 0 Å². The minimum absolute atomic E-state index is 0.0626. The summed E-state index contributed by atoms with van der Waals surface area (Å²) < 4.78 is 5.11. The third-order valence-electron chi connectivity index (χ3n) is 3.30. The fourth-order valence-corrected chi connectivity index (χ4v) is 1.98. The van der Waals surface area contributed by atoms with E-state index in [1.807, 2.05) is 6.07 Å². The van der Waals surface area contributed by atoms with Crippen molar-refractivity contribution in [3.8, 4) is 6.07 Å². The van der Waals surface area contributed by atoms with Crippen LogP contribution in [0.15, 0.2) is 0 Å². The van der Waals surface area contributed by atoms with Crippen LogP contribution in [0, 0.1) is 17.2 Å². The van der Waals surface area contributed by atoms with Crippen LogP contribution in [0.4, 0.5) is 4.79 Å². The molecule has 0 radical (unpaired) electrons. The van der Waals surface area contributed by atoms with Crippen LogP contribution < -0.4 is 5.32 Å². The fraction of sp³-hybridized carbons (Fsp3) is 0.846. The quantitative estimate of drug-likeness (QED) is 0.754.